The van der Waals surface area contributed by atoms with Crippen LogP contribution in [-0.4, -0.2) is 16.7 Å². The second-order valence-corrected chi connectivity index (χ2v) is 7.85. The molecular weight excluding hydrogens is 368 g/mol. The lowest BCUT2D eigenvalue weighted by atomic mass is 10.1. The average molecular weight is 388 g/mol. The molecular formula is C23H20N2O2S. The van der Waals surface area contributed by atoms with Crippen LogP contribution in [0.25, 0.3) is 5.57 Å². The molecule has 2 amide bonds. The molecule has 0 radical (unpaired) electrons. The fourth-order valence-corrected chi connectivity index (χ4v) is 4.00. The number of hydrogen-bond acceptors (Lipinski definition) is 4. The number of benzene rings is 2. The van der Waals surface area contributed by atoms with Gasteiger partial charge in [-0.2, -0.15) is 0 Å². The van der Waals surface area contributed by atoms with Crippen LogP contribution < -0.4 is 5.32 Å². The second kappa shape index (κ2) is 7.44. The number of rotatable bonds is 5. The highest BCUT2D eigenvalue weighted by Gasteiger charge is 2.39. The van der Waals surface area contributed by atoms with Crippen LogP contribution in [0.15, 0.2) is 71.7 Å². The number of imide groups is 1. The largest absolute Gasteiger partial charge is 0.350 e. The first kappa shape index (κ1) is 18.2. The third-order valence-electron chi connectivity index (χ3n) is 4.68. The lowest BCUT2D eigenvalue weighted by molar-refractivity contribution is -0.137. The van der Waals surface area contributed by atoms with Gasteiger partial charge in [0.1, 0.15) is 5.70 Å². The molecule has 1 N–H and O–H groups in total. The number of anilines is 1. The highest BCUT2D eigenvalue weighted by Crippen LogP contribution is 2.33. The van der Waals surface area contributed by atoms with Crippen molar-refractivity contribution in [3.63, 3.8) is 0 Å². The van der Waals surface area contributed by atoms with Gasteiger partial charge < -0.3 is 5.32 Å². The molecule has 1 aliphatic rings. The topological polar surface area (TPSA) is 49.4 Å². The predicted molar refractivity (Wildman–Crippen MR) is 113 cm³/mol. The van der Waals surface area contributed by atoms with E-state index in [-0.39, 0.29) is 18.4 Å². The zero-order valence-corrected chi connectivity index (χ0v) is 16.5. The van der Waals surface area contributed by atoms with Crippen molar-refractivity contribution in [2.24, 2.45) is 0 Å². The summed E-state index contributed by atoms with van der Waals surface area (Å²) in [7, 11) is 0. The molecule has 28 heavy (non-hydrogen) atoms. The standard InChI is InChI=1S/C23H20N2O2S/c1-15-8-10-17(11-9-15)14-25-22(26)20(19-7-4-12-28-19)21(23(25)27)24-18-6-3-5-16(2)13-18/h3-13,24H,14H2,1-2H3. The molecule has 1 aliphatic heterocycles. The third-order valence-corrected chi connectivity index (χ3v) is 5.57. The molecule has 140 valence electrons. The van der Waals surface area contributed by atoms with E-state index in [1.165, 1.54) is 16.2 Å². The van der Waals surface area contributed by atoms with Gasteiger partial charge in [-0.3, -0.25) is 14.5 Å². The maximum atomic E-state index is 13.2. The third kappa shape index (κ3) is 3.49. The SMILES string of the molecule is Cc1ccc(CN2C(=O)C(Nc3cccc(C)c3)=C(c3cccs3)C2=O)cc1. The van der Waals surface area contributed by atoms with E-state index >= 15 is 0 Å². The average Bonchev–Trinajstić information content (AvgIpc) is 3.27. The zero-order chi connectivity index (χ0) is 19.7. The summed E-state index contributed by atoms with van der Waals surface area (Å²) in [5, 5.41) is 5.11. The van der Waals surface area contributed by atoms with Gasteiger partial charge in [-0.1, -0.05) is 48.0 Å². The number of nitrogens with zero attached hydrogens (tertiary/aromatic N) is 1. The van der Waals surface area contributed by atoms with Crippen LogP contribution in [0.5, 0.6) is 0 Å². The Balaban J connectivity index is 1.70. The van der Waals surface area contributed by atoms with Crippen LogP contribution >= 0.6 is 11.3 Å². The Kier molecular flexibility index (Phi) is 4.84. The van der Waals surface area contributed by atoms with Crippen molar-refractivity contribution in [1.82, 2.24) is 4.90 Å². The Labute approximate surface area is 168 Å². The van der Waals surface area contributed by atoms with Gasteiger partial charge in [-0.15, -0.1) is 11.3 Å². The lowest BCUT2D eigenvalue weighted by Crippen LogP contribution is -2.31. The Hall–Kier alpha value is -3.18. The van der Waals surface area contributed by atoms with Gasteiger partial charge in [-0.05, 0) is 48.6 Å². The second-order valence-electron chi connectivity index (χ2n) is 6.90. The van der Waals surface area contributed by atoms with Gasteiger partial charge >= 0.3 is 0 Å². The van der Waals surface area contributed by atoms with Crippen molar-refractivity contribution in [2.75, 3.05) is 5.32 Å². The molecule has 4 nitrogen and oxygen atoms in total. The van der Waals surface area contributed by atoms with Crippen LogP contribution in [0.4, 0.5) is 5.69 Å². The number of carbonyl (C=O) groups excluding carboxylic acids is 2. The summed E-state index contributed by atoms with van der Waals surface area (Å²) in [5.41, 5.74) is 4.72. The molecule has 3 aromatic rings. The van der Waals surface area contributed by atoms with Crippen molar-refractivity contribution in [3.05, 3.63) is 93.3 Å². The minimum atomic E-state index is -0.296. The van der Waals surface area contributed by atoms with E-state index in [0.29, 0.717) is 11.3 Å². The van der Waals surface area contributed by atoms with Crippen molar-refractivity contribution in [2.45, 2.75) is 20.4 Å². The molecule has 0 saturated heterocycles. The molecule has 4 rings (SSSR count). The molecule has 0 unspecified atom stereocenters. The Bertz CT molecular complexity index is 1070. The normalized spacial score (nSPS) is 14.1. The van der Waals surface area contributed by atoms with Crippen LogP contribution in [0, 0.1) is 13.8 Å². The van der Waals surface area contributed by atoms with E-state index < -0.39 is 0 Å². The van der Waals surface area contributed by atoms with Gasteiger partial charge in [0.05, 0.1) is 12.1 Å². The smallest absolute Gasteiger partial charge is 0.278 e. The van der Waals surface area contributed by atoms with Crippen molar-refractivity contribution in [3.8, 4) is 0 Å². The Morgan fingerprint density at radius 3 is 2.36 bits per heavy atom. The lowest BCUT2D eigenvalue weighted by Gasteiger charge is -2.15. The number of hydrogen-bond donors (Lipinski definition) is 1. The van der Waals surface area contributed by atoms with E-state index in [1.54, 1.807) is 0 Å². The van der Waals surface area contributed by atoms with Gasteiger partial charge in [0.15, 0.2) is 0 Å². The molecule has 0 spiro atoms. The highest BCUT2D eigenvalue weighted by molar-refractivity contribution is 7.11. The quantitative estimate of drug-likeness (QED) is 0.641. The van der Waals surface area contributed by atoms with Gasteiger partial charge in [0.2, 0.25) is 0 Å². The van der Waals surface area contributed by atoms with Crippen molar-refractivity contribution >= 4 is 34.4 Å². The fraction of sp³-hybridized carbons (Fsp3) is 0.130. The minimum absolute atomic E-state index is 0.256. The predicted octanol–water partition coefficient (Wildman–Crippen LogP) is 4.76. The van der Waals surface area contributed by atoms with Crippen LogP contribution in [0.2, 0.25) is 0 Å². The number of amides is 2. The maximum absolute atomic E-state index is 13.2. The molecule has 5 heteroatoms. The van der Waals surface area contributed by atoms with E-state index in [4.69, 9.17) is 0 Å². The number of thiophene rings is 1. The monoisotopic (exact) mass is 388 g/mol. The van der Waals surface area contributed by atoms with Gasteiger partial charge in [0, 0.05) is 10.6 Å². The molecule has 1 aromatic heterocycles. The summed E-state index contributed by atoms with van der Waals surface area (Å²) < 4.78 is 0. The summed E-state index contributed by atoms with van der Waals surface area (Å²) >= 11 is 1.46. The summed E-state index contributed by atoms with van der Waals surface area (Å²) in [6.45, 7) is 4.26. The highest BCUT2D eigenvalue weighted by atomic mass is 32.1. The van der Waals surface area contributed by atoms with Gasteiger partial charge in [-0.25, -0.2) is 0 Å². The molecule has 2 aromatic carbocycles. The Morgan fingerprint density at radius 1 is 0.893 bits per heavy atom. The summed E-state index contributed by atoms with van der Waals surface area (Å²) in [5.74, 6) is -0.557. The zero-order valence-electron chi connectivity index (χ0n) is 15.7. The van der Waals surface area contributed by atoms with E-state index in [9.17, 15) is 9.59 Å². The first-order valence-electron chi connectivity index (χ1n) is 9.06. The first-order chi connectivity index (χ1) is 13.5. The molecule has 0 saturated carbocycles. The fourth-order valence-electron chi connectivity index (χ4n) is 3.23. The Morgan fingerprint density at radius 2 is 1.68 bits per heavy atom. The molecule has 0 bridgehead atoms. The first-order valence-corrected chi connectivity index (χ1v) is 9.94. The van der Waals surface area contributed by atoms with Crippen molar-refractivity contribution < 1.29 is 9.59 Å². The maximum Gasteiger partial charge on any atom is 0.278 e. The molecule has 2 heterocycles. The van der Waals surface area contributed by atoms with Crippen LogP contribution in [0.3, 0.4) is 0 Å². The van der Waals surface area contributed by atoms with Gasteiger partial charge in [0.25, 0.3) is 11.8 Å². The molecule has 0 atom stereocenters. The summed E-state index contributed by atoms with van der Waals surface area (Å²) in [6, 6.07) is 19.4. The molecule has 0 aliphatic carbocycles. The minimum Gasteiger partial charge on any atom is -0.350 e. The van der Waals surface area contributed by atoms with Crippen LogP contribution in [-0.2, 0) is 16.1 Å². The number of carbonyl (C=O) groups is 2. The van der Waals surface area contributed by atoms with Crippen LogP contribution in [0.1, 0.15) is 21.6 Å². The number of nitrogens with one attached hydrogen (secondary N) is 1. The van der Waals surface area contributed by atoms with E-state index in [0.717, 1.165) is 27.3 Å². The summed E-state index contributed by atoms with van der Waals surface area (Å²) in [6.07, 6.45) is 0. The summed E-state index contributed by atoms with van der Waals surface area (Å²) in [4.78, 5) is 28.4. The van der Waals surface area contributed by atoms with E-state index in [2.05, 4.69) is 5.32 Å². The molecule has 0 fully saturated rings. The van der Waals surface area contributed by atoms with E-state index in [1.807, 2.05) is 79.9 Å². The number of aryl methyl sites for hydroxylation is 2. The van der Waals surface area contributed by atoms with Crippen molar-refractivity contribution in [1.29, 1.82) is 0 Å².